The van der Waals surface area contributed by atoms with Gasteiger partial charge in [0, 0.05) is 70.0 Å². The van der Waals surface area contributed by atoms with Gasteiger partial charge in [-0.05, 0) is 94.8 Å². The van der Waals surface area contributed by atoms with Gasteiger partial charge in [-0.1, -0.05) is 55.5 Å². The maximum atomic E-state index is 13.3. The molecule has 4 bridgehead atoms. The van der Waals surface area contributed by atoms with Crippen LogP contribution in [-0.2, 0) is 14.3 Å². The molecule has 2 saturated carbocycles. The fraction of sp³-hybridized carbons (Fsp3) is 0.545. The molecular weight excluding hydrogens is 737 g/mol. The molecule has 2 heterocycles. The maximum absolute atomic E-state index is 13.3. The number of rotatable bonds is 15. The van der Waals surface area contributed by atoms with E-state index in [-0.39, 0.29) is 42.3 Å². The molecule has 2 amide bonds. The predicted octanol–water partition coefficient (Wildman–Crippen LogP) is 4.46. The van der Waals surface area contributed by atoms with Crippen molar-refractivity contribution in [2.75, 3.05) is 48.1 Å². The number of carbonyl (C=O) groups excluding carboxylic acids is 2. The summed E-state index contributed by atoms with van der Waals surface area (Å²) in [6, 6.07) is 16.5. The highest BCUT2D eigenvalue weighted by atomic mass is 16.5. The number of nitrogens with two attached hydrogens (primary N) is 2. The van der Waals surface area contributed by atoms with Gasteiger partial charge >= 0.3 is 6.09 Å². The molecular formula is C44H68N8O6. The van der Waals surface area contributed by atoms with Crippen molar-refractivity contribution in [2.45, 2.75) is 95.1 Å². The molecule has 8 unspecified atom stereocenters. The van der Waals surface area contributed by atoms with E-state index in [1.165, 1.54) is 7.11 Å². The van der Waals surface area contributed by atoms with Gasteiger partial charge in [0.1, 0.15) is 6.04 Å². The number of nitrogens with one attached hydrogen (secondary N) is 2. The van der Waals surface area contributed by atoms with Crippen LogP contribution in [0.25, 0.3) is 22.5 Å². The second kappa shape index (κ2) is 24.4. The van der Waals surface area contributed by atoms with Gasteiger partial charge in [-0.25, -0.2) is 4.79 Å². The molecule has 58 heavy (non-hydrogen) atoms. The summed E-state index contributed by atoms with van der Waals surface area (Å²) in [5.41, 5.74) is 16.8. The summed E-state index contributed by atoms with van der Waals surface area (Å²) in [4.78, 5) is 38.2. The third-order valence-corrected chi connectivity index (χ3v) is 11.7. The highest BCUT2D eigenvalue weighted by Crippen LogP contribution is 2.43. The topological polar surface area (TPSA) is 200 Å². The van der Waals surface area contributed by atoms with Crippen molar-refractivity contribution >= 4 is 36.8 Å². The van der Waals surface area contributed by atoms with Crippen LogP contribution in [0.3, 0.4) is 0 Å². The van der Waals surface area contributed by atoms with Crippen molar-refractivity contribution < 1.29 is 29.3 Å². The van der Waals surface area contributed by atoms with Crippen LogP contribution in [0.4, 0.5) is 4.79 Å². The number of methoxy groups -OCH3 is 2. The highest BCUT2D eigenvalue weighted by Gasteiger charge is 2.49. The lowest BCUT2D eigenvalue weighted by molar-refractivity contribution is -0.139. The van der Waals surface area contributed by atoms with E-state index in [0.717, 1.165) is 99.4 Å². The number of piperidine rings is 2. The average Bonchev–Trinajstić information content (AvgIpc) is 4.10. The second-order valence-corrected chi connectivity index (χ2v) is 14.8. The van der Waals surface area contributed by atoms with Crippen LogP contribution in [-0.4, -0.2) is 130 Å². The number of ether oxygens (including phenoxy) is 2. The van der Waals surface area contributed by atoms with E-state index < -0.39 is 6.04 Å². The third kappa shape index (κ3) is 11.5. The van der Waals surface area contributed by atoms with E-state index in [1.807, 2.05) is 53.4 Å². The van der Waals surface area contributed by atoms with Crippen LogP contribution in [0.1, 0.15) is 69.9 Å². The first-order valence-corrected chi connectivity index (χ1v) is 20.3. The van der Waals surface area contributed by atoms with E-state index in [0.29, 0.717) is 24.9 Å². The van der Waals surface area contributed by atoms with Gasteiger partial charge < -0.3 is 51.6 Å². The fourth-order valence-electron chi connectivity index (χ4n) is 8.63. The molecule has 2 saturated heterocycles. The molecule has 14 heteroatoms. The van der Waals surface area contributed by atoms with E-state index in [4.69, 9.17) is 31.2 Å². The minimum atomic E-state index is -0.671. The van der Waals surface area contributed by atoms with Crippen LogP contribution in [0.5, 0.6) is 0 Å². The number of aliphatic imine (C=N–C) groups is 2. The molecule has 2 aromatic rings. The van der Waals surface area contributed by atoms with E-state index in [1.54, 1.807) is 7.11 Å². The number of fused-ring (bicyclic) bond motifs is 4. The Morgan fingerprint density at radius 3 is 1.60 bits per heavy atom. The fourth-order valence-corrected chi connectivity index (χ4v) is 8.63. The van der Waals surface area contributed by atoms with Crippen molar-refractivity contribution in [2.24, 2.45) is 33.3 Å². The summed E-state index contributed by atoms with van der Waals surface area (Å²) in [6.07, 6.45) is 10.7. The van der Waals surface area contributed by atoms with Gasteiger partial charge in [-0.2, -0.15) is 0 Å². The Morgan fingerprint density at radius 2 is 1.22 bits per heavy atom. The van der Waals surface area contributed by atoms with Crippen molar-refractivity contribution in [1.82, 2.24) is 20.4 Å². The highest BCUT2D eigenvalue weighted by molar-refractivity contribution is 5.83. The number of carbonyl (C=O) groups is 2. The molecule has 4 fully saturated rings. The smallest absolute Gasteiger partial charge is 0.410 e. The Labute approximate surface area is 345 Å². The Kier molecular flexibility index (Phi) is 20.1. The van der Waals surface area contributed by atoms with E-state index >= 15 is 0 Å². The molecule has 8 N–H and O–H groups in total. The van der Waals surface area contributed by atoms with Gasteiger partial charge in [0.05, 0.1) is 36.7 Å². The predicted molar refractivity (Wildman–Crippen MR) is 234 cm³/mol. The number of hydrogen-bond donors (Lipinski definition) is 6. The molecule has 2 aliphatic carbocycles. The van der Waals surface area contributed by atoms with Gasteiger partial charge in [0.15, 0.2) is 0 Å². The van der Waals surface area contributed by atoms with Gasteiger partial charge in [0.2, 0.25) is 5.91 Å². The number of amides is 2. The maximum Gasteiger partial charge on any atom is 0.410 e. The minimum absolute atomic E-state index is 0.0305. The summed E-state index contributed by atoms with van der Waals surface area (Å²) >= 11 is 0. The largest absolute Gasteiger partial charge is 0.453 e. The number of aliphatic hydroxyl groups is 2. The molecule has 8 atom stereocenters. The summed E-state index contributed by atoms with van der Waals surface area (Å²) in [5.74, 6) is 0.940. The van der Waals surface area contributed by atoms with Gasteiger partial charge in [0.25, 0.3) is 0 Å². The number of aliphatic hydroxyl groups excluding tert-OH is 2. The average molecular weight is 805 g/mol. The SMILES string of the molecule is C=N/C(=C\NCC1C2CCC(C2)N1C(=O)OC)c1ccc(-c2ccc(/C(=C/NCC3C4CCC(C4)N3C(=O)C(N)C(C)OC)N=C)cc2)cc1.CCCN.CO.CO. The first-order chi connectivity index (χ1) is 28.2. The van der Waals surface area contributed by atoms with Crippen LogP contribution in [0.15, 0.2) is 70.9 Å². The van der Waals surface area contributed by atoms with Gasteiger partial charge in [-0.15, -0.1) is 0 Å². The minimum Gasteiger partial charge on any atom is -0.453 e. The molecule has 2 aromatic carbocycles. The molecule has 0 radical (unpaired) electrons. The van der Waals surface area contributed by atoms with Crippen LogP contribution >= 0.6 is 0 Å². The molecule has 14 nitrogen and oxygen atoms in total. The van der Waals surface area contributed by atoms with Crippen molar-refractivity contribution in [3.63, 3.8) is 0 Å². The van der Waals surface area contributed by atoms with Crippen LogP contribution < -0.4 is 22.1 Å². The Hall–Kier alpha value is -4.60. The third-order valence-electron chi connectivity index (χ3n) is 11.7. The summed E-state index contributed by atoms with van der Waals surface area (Å²) < 4.78 is 10.4. The zero-order chi connectivity index (χ0) is 42.8. The molecule has 320 valence electrons. The first kappa shape index (κ1) is 47.8. The number of likely N-dealkylation sites (tertiary alicyclic amines) is 2. The molecule has 2 aliphatic heterocycles. The second-order valence-electron chi connectivity index (χ2n) is 14.8. The molecule has 4 aliphatic rings. The Morgan fingerprint density at radius 1 is 0.810 bits per heavy atom. The number of nitrogens with zero attached hydrogens (tertiary/aromatic N) is 4. The monoisotopic (exact) mass is 805 g/mol. The molecule has 6 rings (SSSR count). The summed E-state index contributed by atoms with van der Waals surface area (Å²) in [7, 11) is 5.03. The lowest BCUT2D eigenvalue weighted by Gasteiger charge is -2.37. The quantitative estimate of drug-likeness (QED) is 0.140. The van der Waals surface area contributed by atoms with Crippen molar-refractivity contribution in [1.29, 1.82) is 0 Å². The number of hydrogen-bond acceptors (Lipinski definition) is 12. The van der Waals surface area contributed by atoms with Crippen LogP contribution in [0.2, 0.25) is 0 Å². The Balaban J connectivity index is 0.00000104. The standard InChI is InChI=1S/C39H51N7O4.C3H9N.2CH4O/c1-24(49-4)37(40)38(47)45-31-16-14-29(18-31)35(45)22-43-20-33(41-2)27-10-6-25(7-11-27)26-8-12-28(13-9-26)34(42-3)21-44-23-36-30-15-17-32(19-30)46(36)39(48)50-5;1-2-3-4;2*1-2/h6-13,20-21,24,29-32,35-37,43-44H,2-3,14-19,22-23,40H2,1,4-5H3;2-4H2,1H3;2*2H,1H3/b33-20-,34-21-;;;. The zero-order valence-electron chi connectivity index (χ0n) is 35.3. The Bertz CT molecular complexity index is 1650. The van der Waals surface area contributed by atoms with E-state index in [9.17, 15) is 9.59 Å². The van der Waals surface area contributed by atoms with Crippen molar-refractivity contribution in [3.05, 3.63) is 72.1 Å². The summed E-state index contributed by atoms with van der Waals surface area (Å²) in [6.45, 7) is 13.6. The zero-order valence-corrected chi connectivity index (χ0v) is 35.3. The van der Waals surface area contributed by atoms with Crippen molar-refractivity contribution in [3.8, 4) is 11.1 Å². The normalized spacial score (nSPS) is 23.9. The van der Waals surface area contributed by atoms with Crippen LogP contribution in [0, 0.1) is 11.8 Å². The van der Waals surface area contributed by atoms with Gasteiger partial charge in [-0.3, -0.25) is 14.8 Å². The lowest BCUT2D eigenvalue weighted by Crippen LogP contribution is -2.57. The number of benzene rings is 2. The molecule has 0 spiro atoms. The molecule has 0 aromatic heterocycles. The summed E-state index contributed by atoms with van der Waals surface area (Å²) in [5, 5.41) is 20.8. The van der Waals surface area contributed by atoms with E-state index in [2.05, 4.69) is 65.2 Å². The lowest BCUT2D eigenvalue weighted by atomic mass is 9.97. The first-order valence-electron chi connectivity index (χ1n) is 20.3.